The number of hydrogen-bond acceptors (Lipinski definition) is 2. The molecule has 1 aromatic rings. The first kappa shape index (κ1) is 13.6. The SMILES string of the molecule is CCC1(Cn2cncc2CNC(C)C)CCCC1. The van der Waals surface area contributed by atoms with E-state index in [1.807, 2.05) is 12.5 Å². The lowest BCUT2D eigenvalue weighted by Crippen LogP contribution is -2.27. The fourth-order valence-electron chi connectivity index (χ4n) is 3.06. The highest BCUT2D eigenvalue weighted by molar-refractivity contribution is 5.00. The van der Waals surface area contributed by atoms with Crippen LogP contribution in [0.2, 0.25) is 0 Å². The maximum Gasteiger partial charge on any atom is 0.0948 e. The summed E-state index contributed by atoms with van der Waals surface area (Å²) in [5.74, 6) is 0. The van der Waals surface area contributed by atoms with Gasteiger partial charge in [-0.15, -0.1) is 0 Å². The molecule has 0 saturated heterocycles. The van der Waals surface area contributed by atoms with Gasteiger partial charge in [-0.1, -0.05) is 33.6 Å². The van der Waals surface area contributed by atoms with E-state index >= 15 is 0 Å². The molecule has 3 heteroatoms. The van der Waals surface area contributed by atoms with Crippen LogP contribution in [0.1, 0.15) is 58.6 Å². The van der Waals surface area contributed by atoms with Crippen LogP contribution in [-0.4, -0.2) is 15.6 Å². The number of imidazole rings is 1. The number of aromatic nitrogens is 2. The van der Waals surface area contributed by atoms with Gasteiger partial charge in [0.05, 0.1) is 12.0 Å². The highest BCUT2D eigenvalue weighted by Gasteiger charge is 2.32. The van der Waals surface area contributed by atoms with E-state index in [9.17, 15) is 0 Å². The van der Waals surface area contributed by atoms with Crippen molar-refractivity contribution in [2.45, 2.75) is 72.0 Å². The first-order valence-electron chi connectivity index (χ1n) is 7.37. The molecular weight excluding hydrogens is 222 g/mol. The minimum absolute atomic E-state index is 0.528. The zero-order valence-electron chi connectivity index (χ0n) is 12.1. The second-order valence-electron chi connectivity index (χ2n) is 6.11. The van der Waals surface area contributed by atoms with Crippen molar-refractivity contribution in [1.82, 2.24) is 14.9 Å². The molecule has 1 saturated carbocycles. The third kappa shape index (κ3) is 3.14. The molecule has 1 aliphatic rings. The lowest BCUT2D eigenvalue weighted by Gasteiger charge is -2.28. The Balaban J connectivity index is 2.02. The van der Waals surface area contributed by atoms with Crippen LogP contribution in [0.4, 0.5) is 0 Å². The molecule has 0 unspecified atom stereocenters. The van der Waals surface area contributed by atoms with Gasteiger partial charge in [0.25, 0.3) is 0 Å². The van der Waals surface area contributed by atoms with Crippen LogP contribution in [0, 0.1) is 5.41 Å². The fourth-order valence-corrected chi connectivity index (χ4v) is 3.06. The number of nitrogens with zero attached hydrogens (tertiary/aromatic N) is 2. The van der Waals surface area contributed by atoms with Crippen LogP contribution in [0.5, 0.6) is 0 Å². The summed E-state index contributed by atoms with van der Waals surface area (Å²) in [4.78, 5) is 4.33. The van der Waals surface area contributed by atoms with Crippen molar-refractivity contribution in [3.05, 3.63) is 18.2 Å². The summed E-state index contributed by atoms with van der Waals surface area (Å²) in [6.07, 6.45) is 10.9. The molecule has 1 fully saturated rings. The van der Waals surface area contributed by atoms with Crippen molar-refractivity contribution in [2.75, 3.05) is 0 Å². The van der Waals surface area contributed by atoms with Crippen LogP contribution in [0.3, 0.4) is 0 Å². The summed E-state index contributed by atoms with van der Waals surface area (Å²) in [6.45, 7) is 8.79. The quantitative estimate of drug-likeness (QED) is 0.838. The average Bonchev–Trinajstić information content (AvgIpc) is 2.97. The van der Waals surface area contributed by atoms with Gasteiger partial charge in [-0.3, -0.25) is 0 Å². The van der Waals surface area contributed by atoms with Gasteiger partial charge in [0.1, 0.15) is 0 Å². The van der Waals surface area contributed by atoms with Crippen molar-refractivity contribution in [1.29, 1.82) is 0 Å². The molecule has 102 valence electrons. The molecular formula is C15H27N3. The van der Waals surface area contributed by atoms with Gasteiger partial charge in [-0.05, 0) is 24.7 Å². The van der Waals surface area contributed by atoms with Crippen molar-refractivity contribution in [3.8, 4) is 0 Å². The van der Waals surface area contributed by atoms with E-state index in [1.54, 1.807) is 0 Å². The Kier molecular flexibility index (Phi) is 4.44. The van der Waals surface area contributed by atoms with Crippen LogP contribution in [-0.2, 0) is 13.1 Å². The summed E-state index contributed by atoms with van der Waals surface area (Å²) in [6, 6.07) is 0.528. The topological polar surface area (TPSA) is 29.9 Å². The van der Waals surface area contributed by atoms with Crippen molar-refractivity contribution in [3.63, 3.8) is 0 Å². The summed E-state index contributed by atoms with van der Waals surface area (Å²) >= 11 is 0. The Morgan fingerprint density at radius 2 is 2.11 bits per heavy atom. The van der Waals surface area contributed by atoms with Crippen LogP contribution >= 0.6 is 0 Å². The molecule has 0 spiro atoms. The molecule has 1 aromatic heterocycles. The van der Waals surface area contributed by atoms with Gasteiger partial charge >= 0.3 is 0 Å². The zero-order chi connectivity index (χ0) is 13.0. The molecule has 3 nitrogen and oxygen atoms in total. The molecule has 0 aliphatic heterocycles. The normalized spacial score (nSPS) is 18.7. The molecule has 2 rings (SSSR count). The summed E-state index contributed by atoms with van der Waals surface area (Å²) < 4.78 is 2.37. The van der Waals surface area contributed by atoms with E-state index in [2.05, 4.69) is 35.6 Å². The van der Waals surface area contributed by atoms with Gasteiger partial charge in [0, 0.05) is 25.3 Å². The molecule has 0 aromatic carbocycles. The first-order valence-corrected chi connectivity index (χ1v) is 7.37. The number of hydrogen-bond donors (Lipinski definition) is 1. The minimum atomic E-state index is 0.528. The molecule has 18 heavy (non-hydrogen) atoms. The van der Waals surface area contributed by atoms with E-state index in [0.717, 1.165) is 13.1 Å². The van der Waals surface area contributed by atoms with E-state index in [1.165, 1.54) is 37.8 Å². The Morgan fingerprint density at radius 1 is 1.39 bits per heavy atom. The zero-order valence-corrected chi connectivity index (χ0v) is 12.1. The Hall–Kier alpha value is -0.830. The van der Waals surface area contributed by atoms with Crippen molar-refractivity contribution in [2.24, 2.45) is 5.41 Å². The molecule has 0 amide bonds. The van der Waals surface area contributed by atoms with Gasteiger partial charge in [0.2, 0.25) is 0 Å². The Morgan fingerprint density at radius 3 is 2.72 bits per heavy atom. The Bertz CT molecular complexity index is 362. The predicted molar refractivity (Wildman–Crippen MR) is 75.4 cm³/mol. The van der Waals surface area contributed by atoms with E-state index in [-0.39, 0.29) is 0 Å². The van der Waals surface area contributed by atoms with Crippen molar-refractivity contribution >= 4 is 0 Å². The molecule has 0 atom stereocenters. The van der Waals surface area contributed by atoms with E-state index in [0.29, 0.717) is 11.5 Å². The highest BCUT2D eigenvalue weighted by Crippen LogP contribution is 2.42. The third-order valence-corrected chi connectivity index (χ3v) is 4.41. The van der Waals surface area contributed by atoms with Crippen molar-refractivity contribution < 1.29 is 0 Å². The number of nitrogens with one attached hydrogen (secondary N) is 1. The third-order valence-electron chi connectivity index (χ3n) is 4.41. The van der Waals surface area contributed by atoms with Crippen LogP contribution in [0.25, 0.3) is 0 Å². The standard InChI is InChI=1S/C15H27N3/c1-4-15(7-5-6-8-15)11-18-12-16-9-14(18)10-17-13(2)3/h9,12-13,17H,4-8,10-11H2,1-3H3. The molecule has 1 heterocycles. The monoisotopic (exact) mass is 249 g/mol. The maximum atomic E-state index is 4.33. The fraction of sp³-hybridized carbons (Fsp3) is 0.800. The average molecular weight is 249 g/mol. The smallest absolute Gasteiger partial charge is 0.0948 e. The molecule has 1 aliphatic carbocycles. The van der Waals surface area contributed by atoms with Crippen LogP contribution in [0.15, 0.2) is 12.5 Å². The van der Waals surface area contributed by atoms with Gasteiger partial charge in [-0.25, -0.2) is 4.98 Å². The molecule has 0 radical (unpaired) electrons. The lowest BCUT2D eigenvalue weighted by molar-refractivity contribution is 0.234. The van der Waals surface area contributed by atoms with Gasteiger partial charge < -0.3 is 9.88 Å². The maximum absolute atomic E-state index is 4.33. The van der Waals surface area contributed by atoms with E-state index < -0.39 is 0 Å². The second-order valence-corrected chi connectivity index (χ2v) is 6.11. The molecule has 0 bridgehead atoms. The predicted octanol–water partition coefficient (Wildman–Crippen LogP) is 3.35. The Labute approximate surface area is 111 Å². The second kappa shape index (κ2) is 5.87. The van der Waals surface area contributed by atoms with E-state index in [4.69, 9.17) is 0 Å². The molecule has 1 N–H and O–H groups in total. The highest BCUT2D eigenvalue weighted by atomic mass is 15.1. The number of rotatable bonds is 6. The summed E-state index contributed by atoms with van der Waals surface area (Å²) in [5.41, 5.74) is 1.86. The lowest BCUT2D eigenvalue weighted by atomic mass is 9.83. The first-order chi connectivity index (χ1) is 8.65. The van der Waals surface area contributed by atoms with Crippen LogP contribution < -0.4 is 5.32 Å². The summed E-state index contributed by atoms with van der Waals surface area (Å²) in [7, 11) is 0. The van der Waals surface area contributed by atoms with Gasteiger partial charge in [0.15, 0.2) is 0 Å². The summed E-state index contributed by atoms with van der Waals surface area (Å²) in [5, 5.41) is 3.48. The largest absolute Gasteiger partial charge is 0.333 e. The minimum Gasteiger partial charge on any atom is -0.333 e. The van der Waals surface area contributed by atoms with Gasteiger partial charge in [-0.2, -0.15) is 0 Å².